The summed E-state index contributed by atoms with van der Waals surface area (Å²) >= 11 is 0. The summed E-state index contributed by atoms with van der Waals surface area (Å²) in [5.41, 5.74) is 1.26. The summed E-state index contributed by atoms with van der Waals surface area (Å²) in [6.45, 7) is 5.48. The summed E-state index contributed by atoms with van der Waals surface area (Å²) in [6, 6.07) is 12.3. The highest BCUT2D eigenvalue weighted by Crippen LogP contribution is 2.16. The van der Waals surface area contributed by atoms with Gasteiger partial charge in [-0.25, -0.2) is 4.98 Å². The van der Waals surface area contributed by atoms with E-state index < -0.39 is 0 Å². The van der Waals surface area contributed by atoms with Gasteiger partial charge in [-0.1, -0.05) is 30.3 Å². The Morgan fingerprint density at radius 3 is 2.87 bits per heavy atom. The first kappa shape index (κ1) is 15.7. The molecule has 0 radical (unpaired) electrons. The van der Waals surface area contributed by atoms with E-state index in [9.17, 15) is 0 Å². The topological polar surface area (TPSA) is 50.3 Å². The van der Waals surface area contributed by atoms with Gasteiger partial charge in [0.05, 0.1) is 6.10 Å². The van der Waals surface area contributed by atoms with E-state index in [-0.39, 0.29) is 0 Å². The molecule has 5 heteroatoms. The van der Waals surface area contributed by atoms with Crippen LogP contribution in [0.5, 0.6) is 0 Å². The molecule has 1 aromatic carbocycles. The molecule has 122 valence electrons. The largest absolute Gasteiger partial charge is 0.376 e. The SMILES string of the molecule is CCN(Cc1ccccc1)c1nccc(NCC2CCCO2)n1. The van der Waals surface area contributed by atoms with Crippen LogP contribution in [-0.4, -0.2) is 35.8 Å². The second-order valence-electron chi connectivity index (χ2n) is 5.76. The van der Waals surface area contributed by atoms with Crippen LogP contribution in [0.1, 0.15) is 25.3 Å². The molecule has 2 aromatic rings. The van der Waals surface area contributed by atoms with Gasteiger partial charge in [0.2, 0.25) is 5.95 Å². The maximum absolute atomic E-state index is 5.64. The van der Waals surface area contributed by atoms with Gasteiger partial charge in [-0.2, -0.15) is 4.98 Å². The van der Waals surface area contributed by atoms with Crippen LogP contribution >= 0.6 is 0 Å². The van der Waals surface area contributed by atoms with Crippen molar-refractivity contribution >= 4 is 11.8 Å². The first-order valence-electron chi connectivity index (χ1n) is 8.32. The molecule has 1 aliphatic heterocycles. The third-order valence-electron chi connectivity index (χ3n) is 4.06. The Balaban J connectivity index is 1.64. The van der Waals surface area contributed by atoms with Crippen LogP contribution in [0.4, 0.5) is 11.8 Å². The third kappa shape index (κ3) is 4.42. The third-order valence-corrected chi connectivity index (χ3v) is 4.06. The number of aromatic nitrogens is 2. The molecule has 1 saturated heterocycles. The van der Waals surface area contributed by atoms with Gasteiger partial charge in [0, 0.05) is 32.4 Å². The normalized spacial score (nSPS) is 17.2. The van der Waals surface area contributed by atoms with Crippen molar-refractivity contribution in [3.63, 3.8) is 0 Å². The standard InChI is InChI=1S/C18H24N4O/c1-2-22(14-15-7-4-3-5-8-15)18-19-11-10-17(21-18)20-13-16-9-6-12-23-16/h3-5,7-8,10-11,16H,2,6,9,12-14H2,1H3,(H,19,20,21). The number of benzene rings is 1. The van der Waals surface area contributed by atoms with E-state index in [1.165, 1.54) is 5.56 Å². The van der Waals surface area contributed by atoms with Gasteiger partial charge >= 0.3 is 0 Å². The minimum absolute atomic E-state index is 0.306. The fourth-order valence-corrected chi connectivity index (χ4v) is 2.75. The van der Waals surface area contributed by atoms with E-state index in [0.717, 1.165) is 50.8 Å². The van der Waals surface area contributed by atoms with Gasteiger partial charge in [-0.15, -0.1) is 0 Å². The van der Waals surface area contributed by atoms with Crippen molar-refractivity contribution in [2.75, 3.05) is 29.9 Å². The van der Waals surface area contributed by atoms with Crippen LogP contribution in [0.2, 0.25) is 0 Å². The van der Waals surface area contributed by atoms with Crippen molar-refractivity contribution in [3.05, 3.63) is 48.2 Å². The quantitative estimate of drug-likeness (QED) is 0.851. The Morgan fingerprint density at radius 2 is 2.13 bits per heavy atom. The van der Waals surface area contributed by atoms with Crippen molar-refractivity contribution in [2.24, 2.45) is 0 Å². The Hall–Kier alpha value is -2.14. The predicted molar refractivity (Wildman–Crippen MR) is 92.7 cm³/mol. The zero-order chi connectivity index (χ0) is 15.9. The minimum Gasteiger partial charge on any atom is -0.376 e. The van der Waals surface area contributed by atoms with E-state index in [2.05, 4.69) is 51.4 Å². The average Bonchev–Trinajstić information content (AvgIpc) is 3.12. The van der Waals surface area contributed by atoms with Crippen LogP contribution in [0.25, 0.3) is 0 Å². The maximum Gasteiger partial charge on any atom is 0.227 e. The van der Waals surface area contributed by atoms with Crippen molar-refractivity contribution in [3.8, 4) is 0 Å². The highest BCUT2D eigenvalue weighted by Gasteiger charge is 2.15. The lowest BCUT2D eigenvalue weighted by Crippen LogP contribution is -2.25. The molecule has 3 rings (SSSR count). The van der Waals surface area contributed by atoms with Crippen molar-refractivity contribution in [1.82, 2.24) is 9.97 Å². The van der Waals surface area contributed by atoms with Crippen molar-refractivity contribution in [1.29, 1.82) is 0 Å². The van der Waals surface area contributed by atoms with Crippen molar-refractivity contribution in [2.45, 2.75) is 32.4 Å². The zero-order valence-corrected chi connectivity index (χ0v) is 13.6. The molecule has 1 aliphatic rings. The number of rotatable bonds is 7. The number of ether oxygens (including phenoxy) is 1. The monoisotopic (exact) mass is 312 g/mol. The molecule has 1 aromatic heterocycles. The highest BCUT2D eigenvalue weighted by atomic mass is 16.5. The second-order valence-corrected chi connectivity index (χ2v) is 5.76. The molecular formula is C18H24N4O. The molecule has 1 fully saturated rings. The highest BCUT2D eigenvalue weighted by molar-refractivity contribution is 5.42. The molecular weight excluding hydrogens is 288 g/mol. The fourth-order valence-electron chi connectivity index (χ4n) is 2.75. The first-order valence-corrected chi connectivity index (χ1v) is 8.32. The molecule has 5 nitrogen and oxygen atoms in total. The van der Waals surface area contributed by atoms with Gasteiger partial charge < -0.3 is 15.0 Å². The zero-order valence-electron chi connectivity index (χ0n) is 13.6. The second kappa shape index (κ2) is 7.92. The lowest BCUT2D eigenvalue weighted by atomic mass is 10.2. The maximum atomic E-state index is 5.64. The molecule has 2 heterocycles. The Kier molecular flexibility index (Phi) is 5.42. The van der Waals surface area contributed by atoms with Crippen LogP contribution < -0.4 is 10.2 Å². The van der Waals surface area contributed by atoms with Crippen molar-refractivity contribution < 1.29 is 4.74 Å². The Morgan fingerprint density at radius 1 is 1.26 bits per heavy atom. The summed E-state index contributed by atoms with van der Waals surface area (Å²) < 4.78 is 5.64. The summed E-state index contributed by atoms with van der Waals surface area (Å²) in [4.78, 5) is 11.3. The summed E-state index contributed by atoms with van der Waals surface area (Å²) in [5.74, 6) is 1.62. The molecule has 1 atom stereocenters. The van der Waals surface area contributed by atoms with Crippen LogP contribution in [0.3, 0.4) is 0 Å². The van der Waals surface area contributed by atoms with Gasteiger partial charge in [0.15, 0.2) is 0 Å². The van der Waals surface area contributed by atoms with E-state index in [1.54, 1.807) is 0 Å². The van der Waals surface area contributed by atoms with E-state index in [1.807, 2.05) is 18.3 Å². The van der Waals surface area contributed by atoms with Crippen LogP contribution in [-0.2, 0) is 11.3 Å². The van der Waals surface area contributed by atoms with Gasteiger partial charge in [0.25, 0.3) is 0 Å². The van der Waals surface area contributed by atoms with E-state index >= 15 is 0 Å². The molecule has 0 bridgehead atoms. The summed E-state index contributed by atoms with van der Waals surface area (Å²) in [7, 11) is 0. The number of anilines is 2. The fraction of sp³-hybridized carbons (Fsp3) is 0.444. The van der Waals surface area contributed by atoms with E-state index in [0.29, 0.717) is 6.10 Å². The first-order chi connectivity index (χ1) is 11.3. The van der Waals surface area contributed by atoms with Crippen LogP contribution in [0.15, 0.2) is 42.6 Å². The van der Waals surface area contributed by atoms with Gasteiger partial charge in [-0.3, -0.25) is 0 Å². The number of hydrogen-bond acceptors (Lipinski definition) is 5. The summed E-state index contributed by atoms with van der Waals surface area (Å²) in [5, 5.41) is 3.37. The smallest absolute Gasteiger partial charge is 0.227 e. The van der Waals surface area contributed by atoms with Crippen LogP contribution in [0, 0.1) is 0 Å². The lowest BCUT2D eigenvalue weighted by molar-refractivity contribution is 0.120. The predicted octanol–water partition coefficient (Wildman–Crippen LogP) is 3.09. The van der Waals surface area contributed by atoms with Gasteiger partial charge in [0.1, 0.15) is 5.82 Å². The number of nitrogens with zero attached hydrogens (tertiary/aromatic N) is 3. The lowest BCUT2D eigenvalue weighted by Gasteiger charge is -2.21. The molecule has 0 amide bonds. The average molecular weight is 312 g/mol. The Bertz CT molecular complexity index is 599. The molecule has 1 N–H and O–H groups in total. The molecule has 0 aliphatic carbocycles. The molecule has 23 heavy (non-hydrogen) atoms. The molecule has 1 unspecified atom stereocenters. The molecule has 0 saturated carbocycles. The number of hydrogen-bond donors (Lipinski definition) is 1. The summed E-state index contributed by atoms with van der Waals surface area (Å²) in [6.07, 6.45) is 4.40. The van der Waals surface area contributed by atoms with E-state index in [4.69, 9.17) is 4.74 Å². The van der Waals surface area contributed by atoms with Gasteiger partial charge in [-0.05, 0) is 31.4 Å². The number of nitrogens with one attached hydrogen (secondary N) is 1. The molecule has 0 spiro atoms. The minimum atomic E-state index is 0.306. The Labute approximate surface area is 137 Å².